The third-order valence-electron chi connectivity index (χ3n) is 3.08. The van der Waals surface area contributed by atoms with E-state index in [0.717, 1.165) is 0 Å². The Labute approximate surface area is 134 Å². The van der Waals surface area contributed by atoms with Gasteiger partial charge in [-0.1, -0.05) is 0 Å². The number of benzene rings is 2. The summed E-state index contributed by atoms with van der Waals surface area (Å²) in [5, 5.41) is 7.75. The summed E-state index contributed by atoms with van der Waals surface area (Å²) in [6.07, 6.45) is 0. The first-order valence-corrected chi connectivity index (χ1v) is 8.06. The van der Waals surface area contributed by atoms with Crippen molar-refractivity contribution in [2.24, 2.45) is 5.14 Å². The van der Waals surface area contributed by atoms with E-state index in [4.69, 9.17) is 14.6 Å². The van der Waals surface area contributed by atoms with Gasteiger partial charge in [0.2, 0.25) is 10.0 Å². The van der Waals surface area contributed by atoms with Crippen LogP contribution in [-0.2, 0) is 10.0 Å². The minimum Gasteiger partial charge on any atom is -0.497 e. The Morgan fingerprint density at radius 3 is 2.22 bits per heavy atom. The zero-order chi connectivity index (χ0) is 17.0. The lowest BCUT2D eigenvalue weighted by Crippen LogP contribution is -2.15. The molecule has 0 aliphatic carbocycles. The van der Waals surface area contributed by atoms with Gasteiger partial charge in [-0.2, -0.15) is 0 Å². The van der Waals surface area contributed by atoms with Crippen LogP contribution in [0.3, 0.4) is 0 Å². The SMILES string of the molecule is COc1ccc(C(=O)Nc2ccc(OC)c(S(N)(=O)=O)c2)cc1. The van der Waals surface area contributed by atoms with Crippen LogP contribution in [0.25, 0.3) is 0 Å². The van der Waals surface area contributed by atoms with Gasteiger partial charge in [0, 0.05) is 11.3 Å². The molecule has 23 heavy (non-hydrogen) atoms. The van der Waals surface area contributed by atoms with Crippen LogP contribution in [0.5, 0.6) is 11.5 Å². The molecular formula is C15H16N2O5S. The van der Waals surface area contributed by atoms with Crippen molar-refractivity contribution in [3.63, 3.8) is 0 Å². The van der Waals surface area contributed by atoms with E-state index >= 15 is 0 Å². The Bertz CT molecular complexity index is 816. The molecule has 8 heteroatoms. The topological polar surface area (TPSA) is 108 Å². The highest BCUT2D eigenvalue weighted by atomic mass is 32.2. The van der Waals surface area contributed by atoms with E-state index in [1.807, 2.05) is 0 Å². The Morgan fingerprint density at radius 1 is 1.04 bits per heavy atom. The zero-order valence-electron chi connectivity index (χ0n) is 12.6. The predicted molar refractivity (Wildman–Crippen MR) is 85.3 cm³/mol. The van der Waals surface area contributed by atoms with E-state index in [2.05, 4.69) is 5.32 Å². The molecule has 0 fully saturated rings. The number of rotatable bonds is 5. The first-order valence-electron chi connectivity index (χ1n) is 6.51. The molecule has 122 valence electrons. The number of carbonyl (C=O) groups is 1. The molecule has 0 heterocycles. The number of hydrogen-bond donors (Lipinski definition) is 2. The summed E-state index contributed by atoms with van der Waals surface area (Å²) in [7, 11) is -1.11. The summed E-state index contributed by atoms with van der Waals surface area (Å²) < 4.78 is 33.1. The molecule has 3 N–H and O–H groups in total. The smallest absolute Gasteiger partial charge is 0.255 e. The van der Waals surface area contributed by atoms with E-state index in [-0.39, 0.29) is 16.3 Å². The second-order valence-corrected chi connectivity index (χ2v) is 6.12. The molecule has 0 saturated carbocycles. The van der Waals surface area contributed by atoms with Gasteiger partial charge in [0.15, 0.2) is 0 Å². The van der Waals surface area contributed by atoms with Gasteiger partial charge in [-0.3, -0.25) is 4.79 Å². The quantitative estimate of drug-likeness (QED) is 0.862. The van der Waals surface area contributed by atoms with Crippen molar-refractivity contribution >= 4 is 21.6 Å². The largest absolute Gasteiger partial charge is 0.497 e. The number of anilines is 1. The second kappa shape index (κ2) is 6.67. The molecule has 0 spiro atoms. The van der Waals surface area contributed by atoms with Crippen LogP contribution < -0.4 is 19.9 Å². The normalized spacial score (nSPS) is 10.9. The van der Waals surface area contributed by atoms with E-state index in [1.165, 1.54) is 32.4 Å². The number of ether oxygens (including phenoxy) is 2. The average Bonchev–Trinajstić information content (AvgIpc) is 2.54. The van der Waals surface area contributed by atoms with Gasteiger partial charge in [0.05, 0.1) is 14.2 Å². The maximum Gasteiger partial charge on any atom is 0.255 e. The van der Waals surface area contributed by atoms with Crippen LogP contribution >= 0.6 is 0 Å². The summed E-state index contributed by atoms with van der Waals surface area (Å²) in [4.78, 5) is 12.0. The van der Waals surface area contributed by atoms with Crippen molar-refractivity contribution in [3.05, 3.63) is 48.0 Å². The summed E-state index contributed by atoms with van der Waals surface area (Å²) in [6, 6.07) is 10.7. The lowest BCUT2D eigenvalue weighted by Gasteiger charge is -2.10. The fourth-order valence-electron chi connectivity index (χ4n) is 1.92. The molecule has 0 aromatic heterocycles. The Balaban J connectivity index is 2.27. The van der Waals surface area contributed by atoms with Crippen molar-refractivity contribution in [2.45, 2.75) is 4.90 Å². The van der Waals surface area contributed by atoms with Crippen LogP contribution in [-0.4, -0.2) is 28.5 Å². The van der Waals surface area contributed by atoms with Crippen molar-refractivity contribution in [2.75, 3.05) is 19.5 Å². The van der Waals surface area contributed by atoms with Crippen molar-refractivity contribution < 1.29 is 22.7 Å². The van der Waals surface area contributed by atoms with E-state index < -0.39 is 15.9 Å². The summed E-state index contributed by atoms with van der Waals surface area (Å²) in [5.41, 5.74) is 0.689. The molecule has 0 atom stereocenters. The lowest BCUT2D eigenvalue weighted by atomic mass is 10.2. The van der Waals surface area contributed by atoms with Gasteiger partial charge in [-0.05, 0) is 42.5 Å². The highest BCUT2D eigenvalue weighted by Crippen LogP contribution is 2.26. The van der Waals surface area contributed by atoms with Gasteiger partial charge in [-0.25, -0.2) is 13.6 Å². The van der Waals surface area contributed by atoms with Gasteiger partial charge < -0.3 is 14.8 Å². The second-order valence-electron chi connectivity index (χ2n) is 4.59. The van der Waals surface area contributed by atoms with Gasteiger partial charge in [-0.15, -0.1) is 0 Å². The molecule has 0 unspecified atom stereocenters. The molecule has 0 saturated heterocycles. The molecule has 0 aliphatic rings. The number of sulfonamides is 1. The van der Waals surface area contributed by atoms with Crippen LogP contribution in [0.2, 0.25) is 0 Å². The molecular weight excluding hydrogens is 320 g/mol. The number of primary sulfonamides is 1. The number of carbonyl (C=O) groups excluding carboxylic acids is 1. The molecule has 0 bridgehead atoms. The molecule has 2 rings (SSSR count). The van der Waals surface area contributed by atoms with E-state index in [0.29, 0.717) is 11.3 Å². The fraction of sp³-hybridized carbons (Fsp3) is 0.133. The van der Waals surface area contributed by atoms with Crippen molar-refractivity contribution in [3.8, 4) is 11.5 Å². The predicted octanol–water partition coefficient (Wildman–Crippen LogP) is 1.60. The number of methoxy groups -OCH3 is 2. The summed E-state index contributed by atoms with van der Waals surface area (Å²) in [5.74, 6) is 0.343. The fourth-order valence-corrected chi connectivity index (χ4v) is 2.65. The number of nitrogens with two attached hydrogens (primary N) is 1. The first kappa shape index (κ1) is 16.8. The minimum absolute atomic E-state index is 0.106. The first-order chi connectivity index (χ1) is 10.8. The summed E-state index contributed by atoms with van der Waals surface area (Å²) >= 11 is 0. The minimum atomic E-state index is -3.97. The van der Waals surface area contributed by atoms with Gasteiger partial charge >= 0.3 is 0 Å². The van der Waals surface area contributed by atoms with Gasteiger partial charge in [0.1, 0.15) is 16.4 Å². The molecule has 2 aromatic carbocycles. The average molecular weight is 336 g/mol. The lowest BCUT2D eigenvalue weighted by molar-refractivity contribution is 0.102. The third kappa shape index (κ3) is 3.99. The summed E-state index contributed by atoms with van der Waals surface area (Å²) in [6.45, 7) is 0. The Hall–Kier alpha value is -2.58. The van der Waals surface area contributed by atoms with Crippen LogP contribution in [0.1, 0.15) is 10.4 Å². The highest BCUT2D eigenvalue weighted by molar-refractivity contribution is 7.89. The van der Waals surface area contributed by atoms with Crippen LogP contribution in [0.4, 0.5) is 5.69 Å². The highest BCUT2D eigenvalue weighted by Gasteiger charge is 2.16. The monoisotopic (exact) mass is 336 g/mol. The van der Waals surface area contributed by atoms with Crippen molar-refractivity contribution in [1.82, 2.24) is 0 Å². The number of amides is 1. The molecule has 0 radical (unpaired) electrons. The van der Waals surface area contributed by atoms with Crippen LogP contribution in [0.15, 0.2) is 47.4 Å². The molecule has 7 nitrogen and oxygen atoms in total. The van der Waals surface area contributed by atoms with E-state index in [1.54, 1.807) is 24.3 Å². The maximum atomic E-state index is 12.2. The van der Waals surface area contributed by atoms with Gasteiger partial charge in [0.25, 0.3) is 5.91 Å². The Kier molecular flexibility index (Phi) is 4.87. The molecule has 0 aliphatic heterocycles. The standard InChI is InChI=1S/C15H16N2O5S/c1-21-12-6-3-10(4-7-12)15(18)17-11-5-8-13(22-2)14(9-11)23(16,19)20/h3-9H,1-2H3,(H,17,18)(H2,16,19,20). The number of hydrogen-bond acceptors (Lipinski definition) is 5. The molecule has 1 amide bonds. The molecule has 2 aromatic rings. The maximum absolute atomic E-state index is 12.2. The third-order valence-corrected chi connectivity index (χ3v) is 4.01. The Morgan fingerprint density at radius 2 is 1.70 bits per heavy atom. The van der Waals surface area contributed by atoms with Crippen LogP contribution in [0, 0.1) is 0 Å². The zero-order valence-corrected chi connectivity index (χ0v) is 13.4. The van der Waals surface area contributed by atoms with E-state index in [9.17, 15) is 13.2 Å². The van der Waals surface area contributed by atoms with Crippen molar-refractivity contribution in [1.29, 1.82) is 0 Å². The number of nitrogens with one attached hydrogen (secondary N) is 1.